The maximum atomic E-state index is 6.54. The van der Waals surface area contributed by atoms with Crippen molar-refractivity contribution in [2.75, 3.05) is 12.3 Å². The summed E-state index contributed by atoms with van der Waals surface area (Å²) in [7, 11) is -1.74. The molecule has 0 aliphatic carbocycles. The third-order valence-corrected chi connectivity index (χ3v) is 9.27. The summed E-state index contributed by atoms with van der Waals surface area (Å²) in [5, 5.41) is 0.233. The van der Waals surface area contributed by atoms with Gasteiger partial charge in [-0.1, -0.05) is 20.8 Å². The van der Waals surface area contributed by atoms with Gasteiger partial charge in [0, 0.05) is 24.8 Å². The molecule has 0 spiro atoms. The first kappa shape index (κ1) is 16.5. The smallest absolute Gasteiger partial charge is 0.192 e. The van der Waals surface area contributed by atoms with Gasteiger partial charge in [0.15, 0.2) is 8.32 Å². The van der Waals surface area contributed by atoms with Gasteiger partial charge in [-0.25, -0.2) is 0 Å². The van der Waals surface area contributed by atoms with Crippen molar-refractivity contribution < 1.29 is 9.16 Å². The molecule has 1 aliphatic heterocycles. The van der Waals surface area contributed by atoms with Gasteiger partial charge < -0.3 is 14.9 Å². The summed E-state index contributed by atoms with van der Waals surface area (Å²) in [6.07, 6.45) is 5.59. The molecule has 1 aromatic rings. The molecular formula is C16H28N2O2Si. The predicted octanol–water partition coefficient (Wildman–Crippen LogP) is 3.91. The van der Waals surface area contributed by atoms with Crippen LogP contribution in [0, 0.1) is 0 Å². The summed E-state index contributed by atoms with van der Waals surface area (Å²) in [6.45, 7) is 12.2. The van der Waals surface area contributed by atoms with Crippen molar-refractivity contribution in [2.24, 2.45) is 0 Å². The minimum absolute atomic E-state index is 0.0246. The molecule has 0 radical (unpaired) electrons. The van der Waals surface area contributed by atoms with E-state index in [2.05, 4.69) is 38.8 Å². The van der Waals surface area contributed by atoms with Crippen molar-refractivity contribution in [1.82, 2.24) is 4.98 Å². The molecule has 2 heterocycles. The van der Waals surface area contributed by atoms with Crippen LogP contribution in [-0.4, -0.2) is 26.0 Å². The SMILES string of the molecule is CC(C)(C)[Si](C)(C)OC1CCOC(c2ccncc2N)C1. The van der Waals surface area contributed by atoms with Gasteiger partial charge in [0.05, 0.1) is 24.1 Å². The zero-order chi connectivity index (χ0) is 15.7. The molecule has 0 aromatic carbocycles. The zero-order valence-electron chi connectivity index (χ0n) is 13.8. The van der Waals surface area contributed by atoms with Gasteiger partial charge in [0.2, 0.25) is 0 Å². The van der Waals surface area contributed by atoms with E-state index in [0.717, 1.165) is 25.0 Å². The van der Waals surface area contributed by atoms with E-state index in [1.165, 1.54) is 0 Å². The third kappa shape index (κ3) is 3.84. The van der Waals surface area contributed by atoms with Crippen molar-refractivity contribution >= 4 is 14.0 Å². The molecule has 2 atom stereocenters. The van der Waals surface area contributed by atoms with Gasteiger partial charge in [0.1, 0.15) is 0 Å². The van der Waals surface area contributed by atoms with Crippen LogP contribution in [0.1, 0.15) is 45.3 Å². The standard InChI is InChI=1S/C16H28N2O2Si/c1-16(2,3)21(4,5)20-12-7-9-19-15(10-12)13-6-8-18-11-14(13)17/h6,8,11-12,15H,7,9-10,17H2,1-5H3. The number of aromatic nitrogens is 1. The fraction of sp³-hybridized carbons (Fsp3) is 0.688. The second-order valence-corrected chi connectivity index (χ2v) is 12.1. The molecule has 118 valence electrons. The summed E-state index contributed by atoms with van der Waals surface area (Å²) in [5.74, 6) is 0. The van der Waals surface area contributed by atoms with Crippen LogP contribution in [0.3, 0.4) is 0 Å². The number of rotatable bonds is 3. The van der Waals surface area contributed by atoms with E-state index < -0.39 is 8.32 Å². The minimum atomic E-state index is -1.74. The lowest BCUT2D eigenvalue weighted by Crippen LogP contribution is -2.45. The van der Waals surface area contributed by atoms with E-state index in [1.54, 1.807) is 12.4 Å². The lowest BCUT2D eigenvalue weighted by atomic mass is 9.99. The molecular weight excluding hydrogens is 280 g/mol. The first-order chi connectivity index (χ1) is 9.71. The number of nitrogens with two attached hydrogens (primary N) is 1. The second kappa shape index (κ2) is 6.06. The van der Waals surface area contributed by atoms with Crippen molar-refractivity contribution in [3.8, 4) is 0 Å². The largest absolute Gasteiger partial charge is 0.414 e. The van der Waals surface area contributed by atoms with Crippen LogP contribution in [-0.2, 0) is 9.16 Å². The number of hydrogen-bond donors (Lipinski definition) is 1. The van der Waals surface area contributed by atoms with Crippen molar-refractivity contribution in [3.63, 3.8) is 0 Å². The van der Waals surface area contributed by atoms with Crippen LogP contribution < -0.4 is 5.73 Å². The molecule has 0 saturated carbocycles. The molecule has 2 rings (SSSR count). The second-order valence-electron chi connectivity index (χ2n) is 7.39. The number of hydrogen-bond acceptors (Lipinski definition) is 4. The molecule has 5 heteroatoms. The summed E-state index contributed by atoms with van der Waals surface area (Å²) in [4.78, 5) is 4.05. The van der Waals surface area contributed by atoms with Gasteiger partial charge in [-0.3, -0.25) is 4.98 Å². The number of pyridine rings is 1. The fourth-order valence-electron chi connectivity index (χ4n) is 2.39. The van der Waals surface area contributed by atoms with Gasteiger partial charge >= 0.3 is 0 Å². The molecule has 0 bridgehead atoms. The van der Waals surface area contributed by atoms with Crippen LogP contribution in [0.2, 0.25) is 18.1 Å². The Hall–Kier alpha value is -0.913. The first-order valence-corrected chi connectivity index (χ1v) is 10.6. The van der Waals surface area contributed by atoms with Crippen LogP contribution in [0.4, 0.5) is 5.69 Å². The Balaban J connectivity index is 2.07. The Kier molecular flexibility index (Phi) is 4.75. The van der Waals surface area contributed by atoms with Gasteiger partial charge in [-0.05, 0) is 30.6 Å². The topological polar surface area (TPSA) is 57.4 Å². The average Bonchev–Trinajstić information content (AvgIpc) is 2.37. The van der Waals surface area contributed by atoms with Crippen molar-refractivity contribution in [3.05, 3.63) is 24.0 Å². The highest BCUT2D eigenvalue weighted by atomic mass is 28.4. The summed E-state index contributed by atoms with van der Waals surface area (Å²) in [6, 6.07) is 1.95. The maximum absolute atomic E-state index is 6.54. The summed E-state index contributed by atoms with van der Waals surface area (Å²) >= 11 is 0. The molecule has 1 aliphatic rings. The third-order valence-electron chi connectivity index (χ3n) is 4.74. The lowest BCUT2D eigenvalue weighted by Gasteiger charge is -2.41. The quantitative estimate of drug-likeness (QED) is 0.860. The first-order valence-electron chi connectivity index (χ1n) is 7.69. The molecule has 2 unspecified atom stereocenters. The zero-order valence-corrected chi connectivity index (χ0v) is 14.8. The van der Waals surface area contributed by atoms with E-state index in [-0.39, 0.29) is 17.2 Å². The monoisotopic (exact) mass is 308 g/mol. The molecule has 0 amide bonds. The minimum Gasteiger partial charge on any atom is -0.414 e. The van der Waals surface area contributed by atoms with E-state index in [4.69, 9.17) is 14.9 Å². The fourth-order valence-corrected chi connectivity index (χ4v) is 3.80. The number of nitrogens with zero attached hydrogens (tertiary/aromatic N) is 1. The Bertz CT molecular complexity index is 485. The highest BCUT2D eigenvalue weighted by molar-refractivity contribution is 6.74. The summed E-state index contributed by atoms with van der Waals surface area (Å²) < 4.78 is 12.4. The van der Waals surface area contributed by atoms with Gasteiger partial charge in [-0.15, -0.1) is 0 Å². The van der Waals surface area contributed by atoms with E-state index in [9.17, 15) is 0 Å². The van der Waals surface area contributed by atoms with Crippen molar-refractivity contribution in [1.29, 1.82) is 0 Å². The van der Waals surface area contributed by atoms with E-state index in [1.807, 2.05) is 6.07 Å². The number of anilines is 1. The Morgan fingerprint density at radius 1 is 1.38 bits per heavy atom. The van der Waals surface area contributed by atoms with Gasteiger partial charge in [0.25, 0.3) is 0 Å². The lowest BCUT2D eigenvalue weighted by molar-refractivity contribution is -0.0399. The van der Waals surface area contributed by atoms with Crippen LogP contribution in [0.5, 0.6) is 0 Å². The summed E-state index contributed by atoms with van der Waals surface area (Å²) in [5.41, 5.74) is 7.76. The normalized spacial score (nSPS) is 24.0. The molecule has 21 heavy (non-hydrogen) atoms. The van der Waals surface area contributed by atoms with Crippen LogP contribution >= 0.6 is 0 Å². The Morgan fingerprint density at radius 3 is 2.71 bits per heavy atom. The van der Waals surface area contributed by atoms with Crippen LogP contribution in [0.15, 0.2) is 18.5 Å². The molecule has 4 nitrogen and oxygen atoms in total. The van der Waals surface area contributed by atoms with Crippen molar-refractivity contribution in [2.45, 2.75) is 64.0 Å². The van der Waals surface area contributed by atoms with E-state index >= 15 is 0 Å². The maximum Gasteiger partial charge on any atom is 0.192 e. The number of nitrogen functional groups attached to an aromatic ring is 1. The molecule has 1 aromatic heterocycles. The van der Waals surface area contributed by atoms with Crippen LogP contribution in [0.25, 0.3) is 0 Å². The highest BCUT2D eigenvalue weighted by Gasteiger charge is 2.40. The molecule has 1 saturated heterocycles. The average molecular weight is 308 g/mol. The highest BCUT2D eigenvalue weighted by Crippen LogP contribution is 2.40. The molecule has 2 N–H and O–H groups in total. The molecule has 1 fully saturated rings. The predicted molar refractivity (Wildman–Crippen MR) is 88.6 cm³/mol. The van der Waals surface area contributed by atoms with Gasteiger partial charge in [-0.2, -0.15) is 0 Å². The Labute approximate surface area is 129 Å². The van der Waals surface area contributed by atoms with E-state index in [0.29, 0.717) is 5.69 Å². The Morgan fingerprint density at radius 2 is 2.10 bits per heavy atom. The number of ether oxygens (including phenoxy) is 1.